The second-order valence-electron chi connectivity index (χ2n) is 6.26. The maximum Gasteiger partial charge on any atom is 0.323 e. The number of halogens is 1. The number of hydrogen-bond acceptors (Lipinski definition) is 4. The molecule has 10 heteroatoms. The number of hydrogen-bond donors (Lipinski definition) is 5. The monoisotopic (exact) mass is 411 g/mol. The van der Waals surface area contributed by atoms with E-state index in [1.165, 1.54) is 6.07 Å². The van der Waals surface area contributed by atoms with Crippen molar-refractivity contribution in [1.29, 1.82) is 0 Å². The zero-order valence-electron chi connectivity index (χ0n) is 15.6. The van der Waals surface area contributed by atoms with Crippen LogP contribution in [0.2, 0.25) is 0 Å². The van der Waals surface area contributed by atoms with E-state index in [1.54, 1.807) is 30.4 Å². The van der Waals surface area contributed by atoms with Crippen molar-refractivity contribution in [2.75, 3.05) is 13.1 Å². The summed E-state index contributed by atoms with van der Waals surface area (Å²) in [4.78, 5) is 52.0. The SMILES string of the molecule is NC(=O)c1ccc(F)c(C(=O)NC/C=C/CNC(=O)c2cccc3[nH]c(=O)[nH]c23)c1. The number of primary amides is 1. The third-order valence-electron chi connectivity index (χ3n) is 4.22. The summed E-state index contributed by atoms with van der Waals surface area (Å²) < 4.78 is 13.8. The standard InChI is InChI=1S/C20H18FN5O4/c21-14-7-6-11(17(22)27)10-13(14)19(29)24-9-2-1-8-23-18(28)12-4-3-5-15-16(12)26-20(30)25-15/h1-7,10H,8-9H2,(H2,22,27)(H,23,28)(H,24,29)(H2,25,26,30)/b2-1+. The first kappa shape index (κ1) is 20.5. The van der Waals surface area contributed by atoms with E-state index in [2.05, 4.69) is 20.6 Å². The molecule has 0 saturated carbocycles. The predicted molar refractivity (Wildman–Crippen MR) is 108 cm³/mol. The van der Waals surface area contributed by atoms with Gasteiger partial charge in [-0.25, -0.2) is 9.18 Å². The van der Waals surface area contributed by atoms with Gasteiger partial charge in [0.15, 0.2) is 0 Å². The molecule has 0 fully saturated rings. The zero-order chi connectivity index (χ0) is 21.7. The zero-order valence-corrected chi connectivity index (χ0v) is 15.6. The average molecular weight is 411 g/mol. The van der Waals surface area contributed by atoms with E-state index in [0.29, 0.717) is 16.6 Å². The van der Waals surface area contributed by atoms with Crippen LogP contribution in [-0.2, 0) is 0 Å². The van der Waals surface area contributed by atoms with E-state index in [0.717, 1.165) is 12.1 Å². The van der Waals surface area contributed by atoms with Crippen molar-refractivity contribution in [1.82, 2.24) is 20.6 Å². The molecule has 1 heterocycles. The number of H-pyrrole nitrogens is 2. The molecule has 6 N–H and O–H groups in total. The normalized spacial score (nSPS) is 11.0. The number of carbonyl (C=O) groups excluding carboxylic acids is 3. The fourth-order valence-electron chi connectivity index (χ4n) is 2.76. The second kappa shape index (κ2) is 8.86. The summed E-state index contributed by atoms with van der Waals surface area (Å²) in [6, 6.07) is 8.19. The van der Waals surface area contributed by atoms with Crippen molar-refractivity contribution in [2.45, 2.75) is 0 Å². The lowest BCUT2D eigenvalue weighted by Crippen LogP contribution is -2.26. The van der Waals surface area contributed by atoms with Gasteiger partial charge in [0.25, 0.3) is 11.8 Å². The fraction of sp³-hybridized carbons (Fsp3) is 0.100. The minimum Gasteiger partial charge on any atom is -0.366 e. The quantitative estimate of drug-likeness (QED) is 0.366. The molecule has 0 aliphatic rings. The molecule has 0 bridgehead atoms. The highest BCUT2D eigenvalue weighted by Crippen LogP contribution is 2.13. The van der Waals surface area contributed by atoms with Gasteiger partial charge < -0.3 is 26.3 Å². The van der Waals surface area contributed by atoms with Crippen LogP contribution in [0.25, 0.3) is 11.0 Å². The van der Waals surface area contributed by atoms with Gasteiger partial charge in [0, 0.05) is 18.7 Å². The second-order valence-corrected chi connectivity index (χ2v) is 6.26. The van der Waals surface area contributed by atoms with Crippen molar-refractivity contribution in [3.8, 4) is 0 Å². The van der Waals surface area contributed by atoms with Crippen LogP contribution in [0.15, 0.2) is 53.3 Å². The Morgan fingerprint density at radius 3 is 2.30 bits per heavy atom. The molecule has 0 spiro atoms. The van der Waals surface area contributed by atoms with Gasteiger partial charge in [-0.05, 0) is 30.3 Å². The van der Waals surface area contributed by atoms with Crippen LogP contribution < -0.4 is 22.1 Å². The Bertz CT molecular complexity index is 1210. The van der Waals surface area contributed by atoms with Gasteiger partial charge in [-0.15, -0.1) is 0 Å². The molecule has 9 nitrogen and oxygen atoms in total. The Morgan fingerprint density at radius 2 is 1.63 bits per heavy atom. The summed E-state index contributed by atoms with van der Waals surface area (Å²) in [6.45, 7) is 0.251. The third kappa shape index (κ3) is 4.61. The van der Waals surface area contributed by atoms with Crippen molar-refractivity contribution in [3.05, 3.63) is 81.5 Å². The van der Waals surface area contributed by atoms with Gasteiger partial charge in [0.1, 0.15) is 5.82 Å². The van der Waals surface area contributed by atoms with Gasteiger partial charge in [-0.2, -0.15) is 0 Å². The van der Waals surface area contributed by atoms with Crippen molar-refractivity contribution >= 4 is 28.8 Å². The molecular formula is C20H18FN5O4. The third-order valence-corrected chi connectivity index (χ3v) is 4.22. The summed E-state index contributed by atoms with van der Waals surface area (Å²) in [5, 5.41) is 5.14. The summed E-state index contributed by atoms with van der Waals surface area (Å²) >= 11 is 0. The lowest BCUT2D eigenvalue weighted by atomic mass is 10.1. The number of aromatic nitrogens is 2. The van der Waals surface area contributed by atoms with E-state index >= 15 is 0 Å². The summed E-state index contributed by atoms with van der Waals surface area (Å²) in [5.74, 6) is -2.62. The highest BCUT2D eigenvalue weighted by atomic mass is 19.1. The van der Waals surface area contributed by atoms with Crippen LogP contribution in [0.3, 0.4) is 0 Å². The topological polar surface area (TPSA) is 150 Å². The van der Waals surface area contributed by atoms with E-state index in [9.17, 15) is 23.6 Å². The molecular weight excluding hydrogens is 393 g/mol. The van der Waals surface area contributed by atoms with Crippen LogP contribution in [0.1, 0.15) is 31.1 Å². The molecule has 154 valence electrons. The van der Waals surface area contributed by atoms with E-state index in [4.69, 9.17) is 5.73 Å². The Labute approximate surface area is 169 Å². The summed E-state index contributed by atoms with van der Waals surface area (Å²) in [6.07, 6.45) is 3.18. The fourth-order valence-corrected chi connectivity index (χ4v) is 2.76. The van der Waals surface area contributed by atoms with Crippen molar-refractivity contribution in [2.24, 2.45) is 5.73 Å². The minimum atomic E-state index is -0.772. The van der Waals surface area contributed by atoms with Crippen LogP contribution in [0, 0.1) is 5.82 Å². The number of nitrogens with two attached hydrogens (primary N) is 1. The number of imidazole rings is 1. The van der Waals surface area contributed by atoms with Gasteiger partial charge in [-0.1, -0.05) is 18.2 Å². The molecule has 0 radical (unpaired) electrons. The van der Waals surface area contributed by atoms with Crippen molar-refractivity contribution in [3.63, 3.8) is 0 Å². The van der Waals surface area contributed by atoms with E-state index in [-0.39, 0.29) is 30.1 Å². The first-order chi connectivity index (χ1) is 14.4. The number of carbonyl (C=O) groups is 3. The maximum atomic E-state index is 13.8. The van der Waals surface area contributed by atoms with Gasteiger partial charge in [0.05, 0.1) is 22.2 Å². The molecule has 3 aromatic rings. The van der Waals surface area contributed by atoms with E-state index < -0.39 is 23.3 Å². The van der Waals surface area contributed by atoms with E-state index in [1.807, 2.05) is 0 Å². The van der Waals surface area contributed by atoms with Crippen molar-refractivity contribution < 1.29 is 18.8 Å². The Balaban J connectivity index is 1.51. The van der Waals surface area contributed by atoms with Gasteiger partial charge >= 0.3 is 5.69 Å². The van der Waals surface area contributed by atoms with Crippen LogP contribution in [-0.4, -0.2) is 40.8 Å². The molecule has 0 saturated heterocycles. The number of benzene rings is 2. The molecule has 0 unspecified atom stereocenters. The maximum absolute atomic E-state index is 13.8. The first-order valence-corrected chi connectivity index (χ1v) is 8.88. The number of aromatic amines is 2. The number of amides is 3. The number of para-hydroxylation sites is 1. The predicted octanol–water partition coefficient (Wildman–Crippen LogP) is 0.810. The number of rotatable bonds is 7. The van der Waals surface area contributed by atoms with Crippen LogP contribution in [0.5, 0.6) is 0 Å². The van der Waals surface area contributed by atoms with Gasteiger partial charge in [0.2, 0.25) is 5.91 Å². The smallest absolute Gasteiger partial charge is 0.323 e. The van der Waals surface area contributed by atoms with Crippen LogP contribution >= 0.6 is 0 Å². The molecule has 3 amide bonds. The van der Waals surface area contributed by atoms with Crippen LogP contribution in [0.4, 0.5) is 4.39 Å². The minimum absolute atomic E-state index is 0.0265. The highest BCUT2D eigenvalue weighted by Gasteiger charge is 2.14. The Morgan fingerprint density at radius 1 is 0.967 bits per heavy atom. The molecule has 0 aliphatic carbocycles. The number of fused-ring (bicyclic) bond motifs is 1. The number of nitrogens with one attached hydrogen (secondary N) is 4. The Kier molecular flexibility index (Phi) is 6.06. The Hall–Kier alpha value is -4.21. The average Bonchev–Trinajstić information content (AvgIpc) is 3.10. The highest BCUT2D eigenvalue weighted by molar-refractivity contribution is 6.04. The summed E-state index contributed by atoms with van der Waals surface area (Å²) in [5.41, 5.74) is 5.72. The molecule has 2 aromatic carbocycles. The molecule has 1 aromatic heterocycles. The largest absolute Gasteiger partial charge is 0.366 e. The lowest BCUT2D eigenvalue weighted by molar-refractivity contribution is 0.0946. The molecule has 3 rings (SSSR count). The first-order valence-electron chi connectivity index (χ1n) is 8.88. The van der Waals surface area contributed by atoms with Gasteiger partial charge in [-0.3, -0.25) is 14.4 Å². The lowest BCUT2D eigenvalue weighted by Gasteiger charge is -2.06. The molecule has 0 aliphatic heterocycles. The molecule has 0 atom stereocenters. The molecule has 30 heavy (non-hydrogen) atoms. The summed E-state index contributed by atoms with van der Waals surface area (Å²) in [7, 11) is 0.